The quantitative estimate of drug-likeness (QED) is 0.355. The van der Waals surface area contributed by atoms with Crippen LogP contribution in [0.2, 0.25) is 0 Å². The number of carbonyl (C=O) groups excluding carboxylic acids is 1. The maximum atomic E-state index is 12.9. The fourth-order valence-corrected chi connectivity index (χ4v) is 4.77. The lowest BCUT2D eigenvalue weighted by atomic mass is 9.65. The lowest BCUT2D eigenvalue weighted by Crippen LogP contribution is -2.43. The number of hydrogen-bond donors (Lipinski definition) is 4. The van der Waals surface area contributed by atoms with Crippen molar-refractivity contribution in [1.29, 1.82) is 0 Å². The maximum absolute atomic E-state index is 12.9. The van der Waals surface area contributed by atoms with E-state index in [2.05, 4.69) is 25.2 Å². The van der Waals surface area contributed by atoms with Crippen LogP contribution in [0.1, 0.15) is 66.2 Å². The van der Waals surface area contributed by atoms with Gasteiger partial charge in [0.25, 0.3) is 0 Å². The van der Waals surface area contributed by atoms with Gasteiger partial charge in [0.1, 0.15) is 6.10 Å². The molecule has 7 atom stereocenters. The SMILES string of the molecule is CCC(C)(C)C(=O)OC1CC(CO)C=C2C=CC(C)C(CCC(O)CC(O)CC(=O)O)C21. The van der Waals surface area contributed by atoms with Crippen molar-refractivity contribution in [1.82, 2.24) is 0 Å². The second-order valence-corrected chi connectivity index (χ2v) is 10.2. The van der Waals surface area contributed by atoms with Crippen LogP contribution in [0.5, 0.6) is 0 Å². The van der Waals surface area contributed by atoms with Crippen LogP contribution in [0.15, 0.2) is 23.8 Å². The fourth-order valence-electron chi connectivity index (χ4n) is 4.77. The number of carbonyl (C=O) groups is 2. The van der Waals surface area contributed by atoms with Crippen LogP contribution in [0.3, 0.4) is 0 Å². The second kappa shape index (κ2) is 11.4. The summed E-state index contributed by atoms with van der Waals surface area (Å²) < 4.78 is 6.05. The summed E-state index contributed by atoms with van der Waals surface area (Å²) in [4.78, 5) is 23.6. The standard InChI is InChI=1S/C25H40O7/c1-5-25(3,4)24(31)32-21-11-16(14-26)10-17-7-6-15(2)20(23(17)21)9-8-18(27)12-19(28)13-22(29)30/h6-7,10,15-16,18-21,23,26-28H,5,8-9,11-14H2,1-4H3,(H,29,30). The Bertz CT molecular complexity index is 711. The van der Waals surface area contributed by atoms with Crippen LogP contribution in [0, 0.1) is 29.1 Å². The molecule has 0 saturated heterocycles. The van der Waals surface area contributed by atoms with Crippen molar-refractivity contribution in [2.45, 2.75) is 84.5 Å². The average Bonchev–Trinajstić information content (AvgIpc) is 2.72. The van der Waals surface area contributed by atoms with E-state index in [9.17, 15) is 24.9 Å². The molecule has 7 heteroatoms. The molecule has 0 aromatic carbocycles. The zero-order valence-electron chi connectivity index (χ0n) is 19.7. The number of allylic oxidation sites excluding steroid dienone is 2. The zero-order valence-corrected chi connectivity index (χ0v) is 19.7. The number of aliphatic hydroxyl groups excluding tert-OH is 3. The molecule has 0 bridgehead atoms. The summed E-state index contributed by atoms with van der Waals surface area (Å²) in [5.41, 5.74) is 0.476. The molecule has 0 aromatic heterocycles. The zero-order chi connectivity index (χ0) is 24.1. The van der Waals surface area contributed by atoms with Gasteiger partial charge in [0, 0.05) is 18.4 Å². The molecule has 0 radical (unpaired) electrons. The van der Waals surface area contributed by atoms with Gasteiger partial charge in [-0.1, -0.05) is 32.1 Å². The molecule has 2 aliphatic carbocycles. The van der Waals surface area contributed by atoms with Gasteiger partial charge < -0.3 is 25.2 Å². The Morgan fingerprint density at radius 1 is 1.25 bits per heavy atom. The molecule has 0 saturated carbocycles. The van der Waals surface area contributed by atoms with E-state index < -0.39 is 23.6 Å². The predicted octanol–water partition coefficient (Wildman–Crippen LogP) is 3.08. The first kappa shape index (κ1) is 26.6. The lowest BCUT2D eigenvalue weighted by Gasteiger charge is -2.44. The van der Waals surface area contributed by atoms with Crippen LogP contribution >= 0.6 is 0 Å². The molecule has 0 amide bonds. The third-order valence-electron chi connectivity index (χ3n) is 7.19. The number of esters is 1. The van der Waals surface area contributed by atoms with Gasteiger partial charge in [-0.3, -0.25) is 9.59 Å². The Hall–Kier alpha value is -1.70. The molecule has 0 aliphatic heterocycles. The number of carboxylic acids is 1. The lowest BCUT2D eigenvalue weighted by molar-refractivity contribution is -0.165. The van der Waals surface area contributed by atoms with Gasteiger partial charge in [-0.15, -0.1) is 0 Å². The van der Waals surface area contributed by atoms with Gasteiger partial charge in [-0.2, -0.15) is 0 Å². The van der Waals surface area contributed by atoms with Crippen LogP contribution in [-0.2, 0) is 14.3 Å². The molecule has 0 fully saturated rings. The monoisotopic (exact) mass is 452 g/mol. The van der Waals surface area contributed by atoms with E-state index in [1.165, 1.54) is 0 Å². The van der Waals surface area contributed by atoms with Gasteiger partial charge in [-0.25, -0.2) is 0 Å². The van der Waals surface area contributed by atoms with Crippen LogP contribution in [-0.4, -0.2) is 57.3 Å². The summed E-state index contributed by atoms with van der Waals surface area (Å²) in [6.45, 7) is 7.81. The molecule has 0 aromatic rings. The van der Waals surface area contributed by atoms with Crippen molar-refractivity contribution < 1.29 is 34.8 Å². The minimum absolute atomic E-state index is 0.00428. The van der Waals surface area contributed by atoms with Crippen LogP contribution in [0.4, 0.5) is 0 Å². The van der Waals surface area contributed by atoms with Crippen molar-refractivity contribution in [2.24, 2.45) is 29.1 Å². The van der Waals surface area contributed by atoms with Crippen LogP contribution < -0.4 is 0 Å². The van der Waals surface area contributed by atoms with Gasteiger partial charge in [-0.05, 0) is 63.4 Å². The first-order valence-corrected chi connectivity index (χ1v) is 11.8. The van der Waals surface area contributed by atoms with E-state index in [0.717, 1.165) is 5.57 Å². The Morgan fingerprint density at radius 3 is 2.53 bits per heavy atom. The first-order valence-electron chi connectivity index (χ1n) is 11.8. The molecule has 182 valence electrons. The van der Waals surface area contributed by atoms with E-state index in [-0.39, 0.29) is 55.2 Å². The van der Waals surface area contributed by atoms with E-state index in [4.69, 9.17) is 9.84 Å². The fraction of sp³-hybridized carbons (Fsp3) is 0.760. The molecule has 7 unspecified atom stereocenters. The Labute approximate surface area is 191 Å². The highest BCUT2D eigenvalue weighted by molar-refractivity contribution is 5.76. The number of aliphatic carboxylic acids is 1. The van der Waals surface area contributed by atoms with Crippen molar-refractivity contribution in [3.63, 3.8) is 0 Å². The Morgan fingerprint density at radius 2 is 1.94 bits per heavy atom. The van der Waals surface area contributed by atoms with Gasteiger partial charge in [0.2, 0.25) is 0 Å². The van der Waals surface area contributed by atoms with Gasteiger partial charge in [0.15, 0.2) is 0 Å². The normalized spacial score (nSPS) is 29.6. The summed E-state index contributed by atoms with van der Waals surface area (Å²) in [5.74, 6) is -1.09. The highest BCUT2D eigenvalue weighted by Gasteiger charge is 2.43. The molecule has 2 rings (SSSR count). The third-order valence-corrected chi connectivity index (χ3v) is 7.19. The van der Waals surface area contributed by atoms with Crippen molar-refractivity contribution in [2.75, 3.05) is 6.61 Å². The summed E-state index contributed by atoms with van der Waals surface area (Å²) in [5, 5.41) is 38.8. The van der Waals surface area contributed by atoms with Crippen molar-refractivity contribution in [3.05, 3.63) is 23.8 Å². The number of aliphatic hydroxyl groups is 3. The summed E-state index contributed by atoms with van der Waals surface area (Å²) in [6.07, 6.45) is 5.97. The highest BCUT2D eigenvalue weighted by Crippen LogP contribution is 2.45. The number of carboxylic acid groups (broad SMARTS) is 1. The highest BCUT2D eigenvalue weighted by atomic mass is 16.5. The molecule has 4 N–H and O–H groups in total. The molecule has 0 heterocycles. The number of hydrogen-bond acceptors (Lipinski definition) is 6. The van der Waals surface area contributed by atoms with Gasteiger partial charge in [0.05, 0.1) is 24.0 Å². The Balaban J connectivity index is 2.16. The molecule has 2 aliphatic rings. The second-order valence-electron chi connectivity index (χ2n) is 10.2. The van der Waals surface area contributed by atoms with E-state index in [1.54, 1.807) is 0 Å². The number of fused-ring (bicyclic) bond motifs is 1. The van der Waals surface area contributed by atoms with Crippen molar-refractivity contribution in [3.8, 4) is 0 Å². The summed E-state index contributed by atoms with van der Waals surface area (Å²) in [7, 11) is 0. The van der Waals surface area contributed by atoms with E-state index >= 15 is 0 Å². The van der Waals surface area contributed by atoms with Crippen molar-refractivity contribution >= 4 is 11.9 Å². The smallest absolute Gasteiger partial charge is 0.311 e. The number of ether oxygens (including phenoxy) is 1. The first-order chi connectivity index (χ1) is 15.0. The largest absolute Gasteiger partial charge is 0.481 e. The van der Waals surface area contributed by atoms with Crippen LogP contribution in [0.25, 0.3) is 0 Å². The number of rotatable bonds is 11. The van der Waals surface area contributed by atoms with E-state index in [1.807, 2.05) is 20.8 Å². The minimum Gasteiger partial charge on any atom is -0.481 e. The topological polar surface area (TPSA) is 124 Å². The molecular formula is C25H40O7. The van der Waals surface area contributed by atoms with Gasteiger partial charge >= 0.3 is 11.9 Å². The maximum Gasteiger partial charge on any atom is 0.311 e. The van der Waals surface area contributed by atoms with E-state index in [0.29, 0.717) is 25.7 Å². The summed E-state index contributed by atoms with van der Waals surface area (Å²) in [6, 6.07) is 0. The molecule has 0 spiro atoms. The minimum atomic E-state index is -1.09. The predicted molar refractivity (Wildman–Crippen MR) is 121 cm³/mol. The summed E-state index contributed by atoms with van der Waals surface area (Å²) >= 11 is 0. The Kier molecular flexibility index (Phi) is 9.49. The third kappa shape index (κ3) is 6.90. The average molecular weight is 453 g/mol. The molecular weight excluding hydrogens is 412 g/mol. The molecule has 7 nitrogen and oxygen atoms in total. The molecule has 32 heavy (non-hydrogen) atoms.